The number of furan rings is 1. The van der Waals surface area contributed by atoms with E-state index < -0.39 is 0 Å². The number of benzene rings is 1. The Bertz CT molecular complexity index is 1080. The standard InChI is InChI=1S/C19H17N5O3S2/c1-2-27-23-18(25)14-11-28-16(20-14)12-29-19-22-21-17(15-9-6-10-26-15)24(19)13-7-4-3-5-8-13/h3-11H,2,12H2,1H3,(H,23,25). The van der Waals surface area contributed by atoms with Gasteiger partial charge in [-0.05, 0) is 31.2 Å². The Labute approximate surface area is 174 Å². The molecule has 1 N–H and O–H groups in total. The number of nitrogens with zero attached hydrogens (tertiary/aromatic N) is 4. The van der Waals surface area contributed by atoms with Crippen LogP contribution in [0.3, 0.4) is 0 Å². The highest BCUT2D eigenvalue weighted by Gasteiger charge is 2.19. The molecule has 10 heteroatoms. The summed E-state index contributed by atoms with van der Waals surface area (Å²) in [7, 11) is 0. The van der Waals surface area contributed by atoms with Crippen LogP contribution in [-0.4, -0.2) is 32.3 Å². The van der Waals surface area contributed by atoms with Crippen LogP contribution < -0.4 is 5.48 Å². The minimum absolute atomic E-state index is 0.333. The summed E-state index contributed by atoms with van der Waals surface area (Å²) >= 11 is 2.90. The van der Waals surface area contributed by atoms with Crippen LogP contribution >= 0.6 is 23.1 Å². The van der Waals surface area contributed by atoms with E-state index in [-0.39, 0.29) is 5.91 Å². The number of thiazole rings is 1. The van der Waals surface area contributed by atoms with Crippen LogP contribution in [-0.2, 0) is 10.6 Å². The van der Waals surface area contributed by atoms with Gasteiger partial charge in [-0.1, -0.05) is 30.0 Å². The third-order valence-corrected chi connectivity index (χ3v) is 5.78. The highest BCUT2D eigenvalue weighted by atomic mass is 32.2. The number of thioether (sulfide) groups is 1. The topological polar surface area (TPSA) is 95.1 Å². The Balaban J connectivity index is 1.55. The molecule has 0 aliphatic rings. The van der Waals surface area contributed by atoms with Crippen molar-refractivity contribution in [3.05, 3.63) is 64.8 Å². The summed E-state index contributed by atoms with van der Waals surface area (Å²) in [6.07, 6.45) is 1.61. The molecular formula is C19H17N5O3S2. The number of hydroxylamine groups is 1. The van der Waals surface area contributed by atoms with E-state index >= 15 is 0 Å². The van der Waals surface area contributed by atoms with Gasteiger partial charge >= 0.3 is 0 Å². The second kappa shape index (κ2) is 9.03. The molecule has 0 fully saturated rings. The lowest BCUT2D eigenvalue weighted by Gasteiger charge is -2.08. The van der Waals surface area contributed by atoms with E-state index in [9.17, 15) is 4.79 Å². The number of hydrogen-bond donors (Lipinski definition) is 1. The van der Waals surface area contributed by atoms with E-state index in [4.69, 9.17) is 9.25 Å². The number of carbonyl (C=O) groups excluding carboxylic acids is 1. The third kappa shape index (κ3) is 4.39. The zero-order valence-electron chi connectivity index (χ0n) is 15.4. The Morgan fingerprint density at radius 2 is 2.10 bits per heavy atom. The van der Waals surface area contributed by atoms with Crippen molar-refractivity contribution in [3.63, 3.8) is 0 Å². The number of carbonyl (C=O) groups is 1. The summed E-state index contributed by atoms with van der Waals surface area (Å²) in [5, 5.41) is 11.9. The van der Waals surface area contributed by atoms with Crippen LogP contribution in [0.2, 0.25) is 0 Å². The van der Waals surface area contributed by atoms with Crippen LogP contribution in [0.1, 0.15) is 22.4 Å². The lowest BCUT2D eigenvalue weighted by atomic mass is 10.3. The predicted molar refractivity (Wildman–Crippen MR) is 110 cm³/mol. The summed E-state index contributed by atoms with van der Waals surface area (Å²) in [5.41, 5.74) is 3.61. The number of para-hydroxylation sites is 1. The smallest absolute Gasteiger partial charge is 0.294 e. The molecule has 1 amide bonds. The molecule has 4 aromatic rings. The first kappa shape index (κ1) is 19.4. The molecule has 0 radical (unpaired) electrons. The monoisotopic (exact) mass is 427 g/mol. The number of amides is 1. The van der Waals surface area contributed by atoms with E-state index in [1.807, 2.05) is 47.0 Å². The number of hydrogen-bond acceptors (Lipinski definition) is 8. The quantitative estimate of drug-likeness (QED) is 0.336. The Hall–Kier alpha value is -2.95. The molecule has 0 aliphatic carbocycles. The highest BCUT2D eigenvalue weighted by molar-refractivity contribution is 7.98. The second-order valence-electron chi connectivity index (χ2n) is 5.73. The fourth-order valence-corrected chi connectivity index (χ4v) is 4.28. The average Bonchev–Trinajstić information content (AvgIpc) is 3.51. The van der Waals surface area contributed by atoms with Crippen molar-refractivity contribution in [2.45, 2.75) is 17.8 Å². The maximum atomic E-state index is 11.9. The average molecular weight is 428 g/mol. The van der Waals surface area contributed by atoms with Crippen molar-refractivity contribution in [2.24, 2.45) is 0 Å². The van der Waals surface area contributed by atoms with Gasteiger partial charge in [0.25, 0.3) is 5.91 Å². The van der Waals surface area contributed by atoms with E-state index in [0.717, 1.165) is 10.7 Å². The molecule has 3 heterocycles. The molecule has 0 saturated heterocycles. The molecule has 148 valence electrons. The van der Waals surface area contributed by atoms with Crippen molar-refractivity contribution >= 4 is 29.0 Å². The molecule has 3 aromatic heterocycles. The van der Waals surface area contributed by atoms with Crippen LogP contribution in [0.25, 0.3) is 17.3 Å². The first-order valence-corrected chi connectivity index (χ1v) is 10.7. The molecule has 0 unspecified atom stereocenters. The van der Waals surface area contributed by atoms with Crippen molar-refractivity contribution in [2.75, 3.05) is 6.61 Å². The molecule has 0 saturated carbocycles. The molecule has 1 aromatic carbocycles. The third-order valence-electron chi connectivity index (χ3n) is 3.81. The van der Waals surface area contributed by atoms with Crippen LogP contribution in [0.5, 0.6) is 0 Å². The van der Waals surface area contributed by atoms with Gasteiger partial charge in [0.15, 0.2) is 10.9 Å². The SMILES string of the molecule is CCONC(=O)c1csc(CSc2nnc(-c3ccco3)n2-c2ccccc2)n1. The zero-order valence-corrected chi connectivity index (χ0v) is 17.1. The lowest BCUT2D eigenvalue weighted by molar-refractivity contribution is 0.0360. The van der Waals surface area contributed by atoms with Crippen LogP contribution in [0, 0.1) is 0 Å². The van der Waals surface area contributed by atoms with Gasteiger partial charge < -0.3 is 4.42 Å². The fraction of sp³-hybridized carbons (Fsp3) is 0.158. The lowest BCUT2D eigenvalue weighted by Crippen LogP contribution is -2.23. The second-order valence-corrected chi connectivity index (χ2v) is 7.62. The number of rotatable bonds is 8. The summed E-state index contributed by atoms with van der Waals surface area (Å²) in [6, 6.07) is 13.5. The minimum atomic E-state index is -0.355. The Morgan fingerprint density at radius 3 is 2.86 bits per heavy atom. The maximum absolute atomic E-state index is 11.9. The molecule has 4 rings (SSSR count). The molecule has 0 aliphatic heterocycles. The highest BCUT2D eigenvalue weighted by Crippen LogP contribution is 2.30. The molecule has 29 heavy (non-hydrogen) atoms. The fourth-order valence-electron chi connectivity index (χ4n) is 2.54. The Kier molecular flexibility index (Phi) is 6.03. The van der Waals surface area contributed by atoms with Gasteiger partial charge in [0.1, 0.15) is 10.7 Å². The van der Waals surface area contributed by atoms with Gasteiger partial charge in [0.05, 0.1) is 18.6 Å². The molecule has 0 bridgehead atoms. The summed E-state index contributed by atoms with van der Waals surface area (Å²) in [4.78, 5) is 21.2. The van der Waals surface area contributed by atoms with E-state index in [2.05, 4.69) is 20.7 Å². The van der Waals surface area contributed by atoms with Gasteiger partial charge in [-0.2, -0.15) is 0 Å². The van der Waals surface area contributed by atoms with E-state index in [0.29, 0.717) is 34.8 Å². The largest absolute Gasteiger partial charge is 0.461 e. The maximum Gasteiger partial charge on any atom is 0.294 e. The van der Waals surface area contributed by atoms with Gasteiger partial charge in [0, 0.05) is 11.1 Å². The Morgan fingerprint density at radius 1 is 1.24 bits per heavy atom. The van der Waals surface area contributed by atoms with Crippen LogP contribution in [0.15, 0.2) is 63.7 Å². The molecular weight excluding hydrogens is 410 g/mol. The number of nitrogens with one attached hydrogen (secondary N) is 1. The zero-order chi connectivity index (χ0) is 20.1. The van der Waals surface area contributed by atoms with Gasteiger partial charge in [-0.3, -0.25) is 14.2 Å². The van der Waals surface area contributed by atoms with Crippen molar-refractivity contribution in [3.8, 4) is 17.3 Å². The van der Waals surface area contributed by atoms with Crippen molar-refractivity contribution in [1.82, 2.24) is 25.2 Å². The summed E-state index contributed by atoms with van der Waals surface area (Å²) in [6.45, 7) is 2.19. The van der Waals surface area contributed by atoms with Crippen LogP contribution in [0.4, 0.5) is 0 Å². The van der Waals surface area contributed by atoms with E-state index in [1.54, 1.807) is 18.6 Å². The van der Waals surface area contributed by atoms with Gasteiger partial charge in [0.2, 0.25) is 5.82 Å². The van der Waals surface area contributed by atoms with E-state index in [1.165, 1.54) is 23.1 Å². The number of aromatic nitrogens is 4. The van der Waals surface area contributed by atoms with Crippen molar-refractivity contribution in [1.29, 1.82) is 0 Å². The first-order valence-electron chi connectivity index (χ1n) is 8.80. The molecule has 0 atom stereocenters. The predicted octanol–water partition coefficient (Wildman–Crippen LogP) is 3.96. The normalized spacial score (nSPS) is 10.9. The van der Waals surface area contributed by atoms with Crippen molar-refractivity contribution < 1.29 is 14.0 Å². The summed E-state index contributed by atoms with van der Waals surface area (Å²) in [5.74, 6) is 1.46. The molecule has 8 nitrogen and oxygen atoms in total. The first-order chi connectivity index (χ1) is 14.3. The van der Waals surface area contributed by atoms with Gasteiger partial charge in [-0.25, -0.2) is 10.5 Å². The summed E-state index contributed by atoms with van der Waals surface area (Å²) < 4.78 is 7.46. The minimum Gasteiger partial charge on any atom is -0.461 e. The molecule has 0 spiro atoms. The van der Waals surface area contributed by atoms with Gasteiger partial charge in [-0.15, -0.1) is 21.5 Å².